The Morgan fingerprint density at radius 2 is 1.74 bits per heavy atom. The van der Waals surface area contributed by atoms with Crippen LogP contribution in [-0.4, -0.2) is 26.4 Å². The molecule has 2 N–H and O–H groups in total. The minimum atomic E-state index is -0.271. The van der Waals surface area contributed by atoms with Crippen molar-refractivity contribution in [3.8, 4) is 5.75 Å². The quantitative estimate of drug-likeness (QED) is 0.759. The van der Waals surface area contributed by atoms with E-state index in [0.29, 0.717) is 30.5 Å². The van der Waals surface area contributed by atoms with Gasteiger partial charge in [-0.05, 0) is 42.0 Å². The van der Waals surface area contributed by atoms with E-state index in [-0.39, 0.29) is 6.03 Å². The number of ether oxygens (including phenoxy) is 2. The van der Waals surface area contributed by atoms with Gasteiger partial charge in [-0.2, -0.15) is 0 Å². The zero-order chi connectivity index (χ0) is 16.5. The number of carbonyl (C=O) groups excluding carboxylic acids is 1. The van der Waals surface area contributed by atoms with Gasteiger partial charge in [-0.25, -0.2) is 4.79 Å². The Balaban J connectivity index is 1.76. The van der Waals surface area contributed by atoms with Crippen LogP contribution in [0.1, 0.15) is 5.56 Å². The molecular formula is C17H19ClN2O3. The number of halogens is 1. The van der Waals surface area contributed by atoms with E-state index in [1.165, 1.54) is 0 Å². The summed E-state index contributed by atoms with van der Waals surface area (Å²) in [5.74, 6) is 0.774. The van der Waals surface area contributed by atoms with E-state index in [0.717, 1.165) is 11.3 Å². The fourth-order valence-electron chi connectivity index (χ4n) is 1.84. The van der Waals surface area contributed by atoms with Crippen LogP contribution >= 0.6 is 11.6 Å². The van der Waals surface area contributed by atoms with Crippen LogP contribution in [0.25, 0.3) is 0 Å². The Morgan fingerprint density at radius 3 is 2.39 bits per heavy atom. The molecule has 0 saturated carbocycles. The fraction of sp³-hybridized carbons (Fsp3) is 0.235. The molecule has 2 rings (SSSR count). The predicted molar refractivity (Wildman–Crippen MR) is 91.1 cm³/mol. The molecule has 0 bridgehead atoms. The number of amides is 2. The Labute approximate surface area is 140 Å². The molecule has 0 atom stereocenters. The lowest BCUT2D eigenvalue weighted by Gasteiger charge is -2.09. The Morgan fingerprint density at radius 1 is 1.04 bits per heavy atom. The summed E-state index contributed by atoms with van der Waals surface area (Å²) in [6.45, 7) is 1.49. The molecule has 23 heavy (non-hydrogen) atoms. The first kappa shape index (κ1) is 17.1. The maximum atomic E-state index is 11.8. The van der Waals surface area contributed by atoms with Crippen LogP contribution in [0, 0.1) is 0 Å². The minimum absolute atomic E-state index is 0.271. The molecule has 5 nitrogen and oxygen atoms in total. The van der Waals surface area contributed by atoms with Gasteiger partial charge in [-0.15, -0.1) is 0 Å². The number of carbonyl (C=O) groups is 1. The normalized spacial score (nSPS) is 10.2. The van der Waals surface area contributed by atoms with Crippen molar-refractivity contribution >= 4 is 23.3 Å². The molecular weight excluding hydrogens is 316 g/mol. The lowest BCUT2D eigenvalue weighted by Crippen LogP contribution is -2.28. The van der Waals surface area contributed by atoms with Crippen molar-refractivity contribution in [3.63, 3.8) is 0 Å². The summed E-state index contributed by atoms with van der Waals surface area (Å²) >= 11 is 5.80. The highest BCUT2D eigenvalue weighted by atomic mass is 35.5. The predicted octanol–water partition coefficient (Wildman–Crippen LogP) is 3.69. The van der Waals surface area contributed by atoms with Crippen LogP contribution in [0.2, 0.25) is 5.02 Å². The summed E-state index contributed by atoms with van der Waals surface area (Å²) in [7, 11) is 1.63. The highest BCUT2D eigenvalue weighted by molar-refractivity contribution is 6.30. The smallest absolute Gasteiger partial charge is 0.319 e. The third kappa shape index (κ3) is 6.18. The van der Waals surface area contributed by atoms with E-state index in [1.54, 1.807) is 31.4 Å². The highest BCUT2D eigenvalue weighted by Crippen LogP contribution is 2.14. The molecule has 0 aliphatic heterocycles. The molecule has 0 aliphatic carbocycles. The van der Waals surface area contributed by atoms with E-state index in [9.17, 15) is 4.79 Å². The van der Waals surface area contributed by atoms with Crippen molar-refractivity contribution in [2.24, 2.45) is 0 Å². The van der Waals surface area contributed by atoms with Crippen molar-refractivity contribution in [3.05, 3.63) is 59.1 Å². The summed E-state index contributed by atoms with van der Waals surface area (Å²) in [5.41, 5.74) is 1.67. The van der Waals surface area contributed by atoms with Gasteiger partial charge in [0.15, 0.2) is 0 Å². The number of anilines is 1. The monoisotopic (exact) mass is 334 g/mol. The largest absolute Gasteiger partial charge is 0.491 e. The molecule has 0 unspecified atom stereocenters. The summed E-state index contributed by atoms with van der Waals surface area (Å²) < 4.78 is 10.4. The number of methoxy groups -OCH3 is 1. The molecule has 6 heteroatoms. The molecule has 0 spiro atoms. The fourth-order valence-corrected chi connectivity index (χ4v) is 1.96. The summed E-state index contributed by atoms with van der Waals surface area (Å²) in [6, 6.07) is 14.2. The average Bonchev–Trinajstić information content (AvgIpc) is 2.56. The summed E-state index contributed by atoms with van der Waals surface area (Å²) in [4.78, 5) is 11.8. The van der Waals surface area contributed by atoms with Crippen molar-refractivity contribution < 1.29 is 14.3 Å². The second kappa shape index (κ2) is 9.02. The number of rotatable bonds is 7. The second-order valence-corrected chi connectivity index (χ2v) is 5.24. The van der Waals surface area contributed by atoms with Gasteiger partial charge >= 0.3 is 6.03 Å². The van der Waals surface area contributed by atoms with E-state index >= 15 is 0 Å². The van der Waals surface area contributed by atoms with Crippen LogP contribution in [0.4, 0.5) is 10.5 Å². The lowest BCUT2D eigenvalue weighted by molar-refractivity contribution is 0.146. The van der Waals surface area contributed by atoms with Crippen molar-refractivity contribution in [2.45, 2.75) is 6.54 Å². The molecule has 0 aromatic heterocycles. The van der Waals surface area contributed by atoms with Gasteiger partial charge in [0.1, 0.15) is 12.4 Å². The van der Waals surface area contributed by atoms with Gasteiger partial charge in [0.2, 0.25) is 0 Å². The standard InChI is InChI=1S/C17H19ClN2O3/c1-22-10-11-23-16-8-2-13(3-9-16)12-19-17(21)20-15-6-4-14(18)5-7-15/h2-9H,10-12H2,1H3,(H2,19,20,21). The van der Waals surface area contributed by atoms with Crippen LogP contribution in [0.5, 0.6) is 5.75 Å². The van der Waals surface area contributed by atoms with Crippen molar-refractivity contribution in [1.29, 1.82) is 0 Å². The topological polar surface area (TPSA) is 59.6 Å². The third-order valence-electron chi connectivity index (χ3n) is 3.03. The maximum absolute atomic E-state index is 11.8. The van der Waals surface area contributed by atoms with Gasteiger partial charge in [0.05, 0.1) is 6.61 Å². The van der Waals surface area contributed by atoms with E-state index < -0.39 is 0 Å². The van der Waals surface area contributed by atoms with Gasteiger partial charge in [-0.1, -0.05) is 23.7 Å². The van der Waals surface area contributed by atoms with Crippen LogP contribution in [-0.2, 0) is 11.3 Å². The minimum Gasteiger partial charge on any atom is -0.491 e. The maximum Gasteiger partial charge on any atom is 0.319 e. The van der Waals surface area contributed by atoms with Gasteiger partial charge in [0, 0.05) is 24.4 Å². The first-order valence-electron chi connectivity index (χ1n) is 7.18. The number of hydrogen-bond donors (Lipinski definition) is 2. The zero-order valence-corrected chi connectivity index (χ0v) is 13.6. The second-order valence-electron chi connectivity index (χ2n) is 4.80. The van der Waals surface area contributed by atoms with Crippen LogP contribution in [0.3, 0.4) is 0 Å². The number of hydrogen-bond acceptors (Lipinski definition) is 3. The Hall–Kier alpha value is -2.24. The lowest BCUT2D eigenvalue weighted by atomic mass is 10.2. The first-order valence-corrected chi connectivity index (χ1v) is 7.56. The molecule has 122 valence electrons. The van der Waals surface area contributed by atoms with Gasteiger partial charge in [0.25, 0.3) is 0 Å². The van der Waals surface area contributed by atoms with Gasteiger partial charge < -0.3 is 20.1 Å². The molecule has 0 saturated heterocycles. The van der Waals surface area contributed by atoms with E-state index in [4.69, 9.17) is 21.1 Å². The van der Waals surface area contributed by atoms with E-state index in [1.807, 2.05) is 24.3 Å². The summed E-state index contributed by atoms with van der Waals surface area (Å²) in [5, 5.41) is 6.16. The Kier molecular flexibility index (Phi) is 6.72. The average molecular weight is 335 g/mol. The van der Waals surface area contributed by atoms with E-state index in [2.05, 4.69) is 10.6 Å². The molecule has 0 aliphatic rings. The van der Waals surface area contributed by atoms with Crippen LogP contribution < -0.4 is 15.4 Å². The van der Waals surface area contributed by atoms with Crippen molar-refractivity contribution in [1.82, 2.24) is 5.32 Å². The molecule has 0 radical (unpaired) electrons. The van der Waals surface area contributed by atoms with Crippen molar-refractivity contribution in [2.75, 3.05) is 25.6 Å². The number of benzene rings is 2. The third-order valence-corrected chi connectivity index (χ3v) is 3.29. The molecule has 0 fully saturated rings. The molecule has 2 amide bonds. The molecule has 0 heterocycles. The highest BCUT2D eigenvalue weighted by Gasteiger charge is 2.02. The Bertz CT molecular complexity index is 615. The van der Waals surface area contributed by atoms with Gasteiger partial charge in [-0.3, -0.25) is 0 Å². The zero-order valence-electron chi connectivity index (χ0n) is 12.8. The SMILES string of the molecule is COCCOc1ccc(CNC(=O)Nc2ccc(Cl)cc2)cc1. The number of nitrogens with one attached hydrogen (secondary N) is 2. The molecule has 2 aromatic carbocycles. The molecule has 2 aromatic rings. The van der Waals surface area contributed by atoms with Crippen LogP contribution in [0.15, 0.2) is 48.5 Å². The number of urea groups is 1. The first-order chi connectivity index (χ1) is 11.2. The summed E-state index contributed by atoms with van der Waals surface area (Å²) in [6.07, 6.45) is 0.